The first kappa shape index (κ1) is 17.8. The molecule has 2 N–H and O–H groups in total. The molecule has 0 spiro atoms. The van der Waals surface area contributed by atoms with Crippen molar-refractivity contribution in [3.8, 4) is 0 Å². The number of amides is 3. The van der Waals surface area contributed by atoms with E-state index in [0.29, 0.717) is 18.7 Å². The van der Waals surface area contributed by atoms with Gasteiger partial charge in [-0.15, -0.1) is 0 Å². The van der Waals surface area contributed by atoms with Crippen molar-refractivity contribution < 1.29 is 22.8 Å². The largest absolute Gasteiger partial charge is 0.418 e. The Bertz CT molecular complexity index is 819. The highest BCUT2D eigenvalue weighted by atomic mass is 19.4. The van der Waals surface area contributed by atoms with E-state index in [9.17, 15) is 22.8 Å². The van der Waals surface area contributed by atoms with Crippen LogP contribution < -0.4 is 15.5 Å². The van der Waals surface area contributed by atoms with Gasteiger partial charge in [-0.05, 0) is 42.8 Å². The highest BCUT2D eigenvalue weighted by Gasteiger charge is 2.33. The molecule has 1 aliphatic rings. The standard InChI is InChI=1S/C18H16F3N3O2/c19-18(20,21)14-4-1-2-5-15(14)23-17(26)22-12-7-9-13(10-8-12)24-11-3-6-16(24)25/h1-2,4-5,7-10H,3,6,11H2,(H2,22,23,26). The molecule has 0 atom stereocenters. The Morgan fingerprint density at radius 2 is 1.69 bits per heavy atom. The number of nitrogens with one attached hydrogen (secondary N) is 2. The number of hydrogen-bond acceptors (Lipinski definition) is 2. The van der Waals surface area contributed by atoms with Gasteiger partial charge < -0.3 is 15.5 Å². The molecule has 0 unspecified atom stereocenters. The zero-order chi connectivity index (χ0) is 18.7. The molecule has 1 aliphatic heterocycles. The molecule has 3 rings (SSSR count). The van der Waals surface area contributed by atoms with Crippen molar-refractivity contribution in [3.63, 3.8) is 0 Å². The van der Waals surface area contributed by atoms with Gasteiger partial charge in [0.2, 0.25) is 5.91 Å². The van der Waals surface area contributed by atoms with Crippen molar-refractivity contribution in [3.05, 3.63) is 54.1 Å². The number of urea groups is 1. The highest BCUT2D eigenvalue weighted by molar-refractivity contribution is 6.00. The number of rotatable bonds is 3. The van der Waals surface area contributed by atoms with Gasteiger partial charge in [-0.1, -0.05) is 12.1 Å². The number of halogens is 3. The summed E-state index contributed by atoms with van der Waals surface area (Å²) in [5.74, 6) is 0.0483. The van der Waals surface area contributed by atoms with Crippen molar-refractivity contribution in [2.75, 3.05) is 22.1 Å². The molecule has 0 radical (unpaired) electrons. The monoisotopic (exact) mass is 363 g/mol. The Hall–Kier alpha value is -3.03. The first-order valence-corrected chi connectivity index (χ1v) is 7.99. The van der Waals surface area contributed by atoms with Crippen LogP contribution in [0.1, 0.15) is 18.4 Å². The molecule has 2 aromatic rings. The quantitative estimate of drug-likeness (QED) is 0.845. The van der Waals surface area contributed by atoms with Crippen LogP contribution in [0.25, 0.3) is 0 Å². The number of carbonyl (C=O) groups excluding carboxylic acids is 2. The van der Waals surface area contributed by atoms with Crippen molar-refractivity contribution in [2.24, 2.45) is 0 Å². The topological polar surface area (TPSA) is 61.4 Å². The van der Waals surface area contributed by atoms with Crippen LogP contribution in [0.5, 0.6) is 0 Å². The molecular weight excluding hydrogens is 347 g/mol. The molecule has 2 aromatic carbocycles. The molecule has 0 bridgehead atoms. The van der Waals surface area contributed by atoms with Gasteiger partial charge in [0, 0.05) is 24.3 Å². The number of alkyl halides is 3. The Labute approximate surface area is 147 Å². The normalized spacial score (nSPS) is 14.4. The van der Waals surface area contributed by atoms with Gasteiger partial charge in [0.25, 0.3) is 0 Å². The van der Waals surface area contributed by atoms with Gasteiger partial charge in [0.1, 0.15) is 0 Å². The van der Waals surface area contributed by atoms with Gasteiger partial charge in [-0.2, -0.15) is 13.2 Å². The molecule has 8 heteroatoms. The number of anilines is 3. The van der Waals surface area contributed by atoms with Crippen LogP contribution in [0.2, 0.25) is 0 Å². The summed E-state index contributed by atoms with van der Waals surface area (Å²) < 4.78 is 38.8. The van der Waals surface area contributed by atoms with E-state index in [2.05, 4.69) is 10.6 Å². The van der Waals surface area contributed by atoms with Gasteiger partial charge in [0.05, 0.1) is 11.3 Å². The molecule has 1 fully saturated rings. The van der Waals surface area contributed by atoms with Crippen molar-refractivity contribution in [2.45, 2.75) is 19.0 Å². The summed E-state index contributed by atoms with van der Waals surface area (Å²) in [5.41, 5.74) is -0.113. The summed E-state index contributed by atoms with van der Waals surface area (Å²) in [6.45, 7) is 0.653. The van der Waals surface area contributed by atoms with E-state index >= 15 is 0 Å². The number of nitrogens with zero attached hydrogens (tertiary/aromatic N) is 1. The third kappa shape index (κ3) is 3.96. The minimum atomic E-state index is -4.56. The third-order valence-electron chi connectivity index (χ3n) is 3.99. The minimum Gasteiger partial charge on any atom is -0.312 e. The summed E-state index contributed by atoms with van der Waals surface area (Å²) in [4.78, 5) is 25.4. The second-order valence-electron chi connectivity index (χ2n) is 5.82. The van der Waals surface area contributed by atoms with E-state index in [0.717, 1.165) is 18.2 Å². The van der Waals surface area contributed by atoms with Crippen LogP contribution in [-0.2, 0) is 11.0 Å². The van der Waals surface area contributed by atoms with Gasteiger partial charge >= 0.3 is 12.2 Å². The average molecular weight is 363 g/mol. The highest BCUT2D eigenvalue weighted by Crippen LogP contribution is 2.34. The maximum Gasteiger partial charge on any atom is 0.418 e. The van der Waals surface area contributed by atoms with Crippen molar-refractivity contribution in [1.29, 1.82) is 0 Å². The predicted molar refractivity (Wildman–Crippen MR) is 92.1 cm³/mol. The molecule has 5 nitrogen and oxygen atoms in total. The lowest BCUT2D eigenvalue weighted by atomic mass is 10.1. The zero-order valence-corrected chi connectivity index (χ0v) is 13.6. The number of para-hydroxylation sites is 1. The van der Waals surface area contributed by atoms with E-state index in [4.69, 9.17) is 0 Å². The summed E-state index contributed by atoms with van der Waals surface area (Å²) in [6, 6.07) is 10.5. The minimum absolute atomic E-state index is 0.0483. The first-order valence-electron chi connectivity index (χ1n) is 7.99. The number of carbonyl (C=O) groups is 2. The molecule has 3 amide bonds. The molecule has 0 aromatic heterocycles. The van der Waals surface area contributed by atoms with E-state index < -0.39 is 17.8 Å². The SMILES string of the molecule is O=C(Nc1ccc(N2CCCC2=O)cc1)Nc1ccccc1C(F)(F)F. The summed E-state index contributed by atoms with van der Waals surface area (Å²) >= 11 is 0. The molecule has 0 saturated carbocycles. The Morgan fingerprint density at radius 1 is 1.00 bits per heavy atom. The van der Waals surface area contributed by atoms with Crippen molar-refractivity contribution in [1.82, 2.24) is 0 Å². The van der Waals surface area contributed by atoms with E-state index in [1.165, 1.54) is 18.2 Å². The molecule has 1 saturated heterocycles. The summed E-state index contributed by atoms with van der Waals surface area (Å²) in [7, 11) is 0. The van der Waals surface area contributed by atoms with Gasteiger partial charge in [-0.3, -0.25) is 4.79 Å². The summed E-state index contributed by atoms with van der Waals surface area (Å²) in [6.07, 6.45) is -3.24. The molecule has 136 valence electrons. The number of hydrogen-bond donors (Lipinski definition) is 2. The smallest absolute Gasteiger partial charge is 0.312 e. The third-order valence-corrected chi connectivity index (χ3v) is 3.99. The first-order chi connectivity index (χ1) is 12.3. The molecular formula is C18H16F3N3O2. The van der Waals surface area contributed by atoms with E-state index in [1.54, 1.807) is 29.2 Å². The lowest BCUT2D eigenvalue weighted by molar-refractivity contribution is -0.136. The predicted octanol–water partition coefficient (Wildman–Crippen LogP) is 4.48. The zero-order valence-electron chi connectivity index (χ0n) is 13.6. The van der Waals surface area contributed by atoms with Crippen molar-refractivity contribution >= 4 is 29.0 Å². The molecule has 1 heterocycles. The lowest BCUT2D eigenvalue weighted by Crippen LogP contribution is -2.24. The van der Waals surface area contributed by atoms with Crippen LogP contribution in [0.15, 0.2) is 48.5 Å². The van der Waals surface area contributed by atoms with Gasteiger partial charge in [-0.25, -0.2) is 4.79 Å². The fourth-order valence-electron chi connectivity index (χ4n) is 2.77. The molecule has 0 aliphatic carbocycles. The Balaban J connectivity index is 1.67. The van der Waals surface area contributed by atoms with Crippen LogP contribution in [0, 0.1) is 0 Å². The molecule has 26 heavy (non-hydrogen) atoms. The van der Waals surface area contributed by atoms with Crippen LogP contribution >= 0.6 is 0 Å². The maximum atomic E-state index is 12.9. The van der Waals surface area contributed by atoms with E-state index in [-0.39, 0.29) is 11.6 Å². The Kier molecular flexibility index (Phi) is 4.83. The lowest BCUT2D eigenvalue weighted by Gasteiger charge is -2.16. The fourth-order valence-corrected chi connectivity index (χ4v) is 2.77. The maximum absolute atomic E-state index is 12.9. The van der Waals surface area contributed by atoms with Gasteiger partial charge in [0.15, 0.2) is 0 Å². The second-order valence-corrected chi connectivity index (χ2v) is 5.82. The fraction of sp³-hybridized carbons (Fsp3) is 0.222. The van der Waals surface area contributed by atoms with Crippen LogP contribution in [0.3, 0.4) is 0 Å². The average Bonchev–Trinajstić information content (AvgIpc) is 3.01. The Morgan fingerprint density at radius 3 is 2.31 bits per heavy atom. The summed E-state index contributed by atoms with van der Waals surface area (Å²) in [5, 5.41) is 4.68. The van der Waals surface area contributed by atoms with Crippen LogP contribution in [0.4, 0.5) is 35.0 Å². The second kappa shape index (κ2) is 7.07. The van der Waals surface area contributed by atoms with Crippen LogP contribution in [-0.4, -0.2) is 18.5 Å². The number of benzene rings is 2. The van der Waals surface area contributed by atoms with E-state index in [1.807, 2.05) is 0 Å².